The summed E-state index contributed by atoms with van der Waals surface area (Å²) in [5.74, 6) is 0. The van der Waals surface area contributed by atoms with Crippen LogP contribution >= 0.6 is 0 Å². The van der Waals surface area contributed by atoms with Gasteiger partial charge in [0, 0.05) is 0 Å². The zero-order chi connectivity index (χ0) is 42.4. The monoisotopic (exact) mass is 810 g/mol. The minimum atomic E-state index is 1.20. The molecule has 0 aliphatic rings. The molecule has 12 aromatic carbocycles. The van der Waals surface area contributed by atoms with Crippen LogP contribution in [0.4, 0.5) is 0 Å². The average Bonchev–Trinajstić information content (AvgIpc) is 3.38. The molecule has 0 aliphatic heterocycles. The van der Waals surface area contributed by atoms with E-state index in [2.05, 4.69) is 255 Å². The Bertz CT molecular complexity index is 3310. The number of hydrogen-bond donors (Lipinski definition) is 0. The minimum Gasteiger partial charge on any atom is -0.0622 e. The van der Waals surface area contributed by atoms with Crippen LogP contribution in [0.25, 0.3) is 121 Å². The van der Waals surface area contributed by atoms with Gasteiger partial charge < -0.3 is 0 Å². The predicted octanol–water partition coefficient (Wildman–Crippen LogP) is 18.0. The zero-order valence-electron chi connectivity index (χ0n) is 35.2. The van der Waals surface area contributed by atoms with Gasteiger partial charge >= 0.3 is 0 Å². The van der Waals surface area contributed by atoms with Crippen LogP contribution in [0.15, 0.2) is 255 Å². The van der Waals surface area contributed by atoms with Crippen molar-refractivity contribution in [3.05, 3.63) is 255 Å². The van der Waals surface area contributed by atoms with Crippen molar-refractivity contribution in [2.75, 3.05) is 0 Å². The molecule has 12 aromatic rings. The number of fused-ring (bicyclic) bond motifs is 4. The van der Waals surface area contributed by atoms with Gasteiger partial charge in [0.05, 0.1) is 0 Å². The van der Waals surface area contributed by atoms with E-state index in [-0.39, 0.29) is 0 Å². The highest BCUT2D eigenvalue weighted by molar-refractivity contribution is 6.30. The summed E-state index contributed by atoms with van der Waals surface area (Å²) in [6.45, 7) is 0. The smallest absolute Gasteiger partial charge is 0.00139 e. The van der Waals surface area contributed by atoms with Gasteiger partial charge in [-0.15, -0.1) is 0 Å². The van der Waals surface area contributed by atoms with Crippen molar-refractivity contribution in [3.8, 4) is 77.9 Å². The minimum absolute atomic E-state index is 1.20. The van der Waals surface area contributed by atoms with Crippen molar-refractivity contribution in [1.29, 1.82) is 0 Å². The second-order valence-electron chi connectivity index (χ2n) is 16.7. The van der Waals surface area contributed by atoms with Gasteiger partial charge in [-0.25, -0.2) is 0 Å². The van der Waals surface area contributed by atoms with Gasteiger partial charge in [0.1, 0.15) is 0 Å². The van der Waals surface area contributed by atoms with E-state index in [1.807, 2.05) is 0 Å². The Morgan fingerprint density at radius 3 is 0.625 bits per heavy atom. The van der Waals surface area contributed by atoms with E-state index in [0.717, 1.165) is 0 Å². The molecule has 0 heterocycles. The first-order chi connectivity index (χ1) is 31.8. The lowest BCUT2D eigenvalue weighted by Crippen LogP contribution is -1.96. The van der Waals surface area contributed by atoms with Crippen molar-refractivity contribution < 1.29 is 0 Å². The maximum absolute atomic E-state index is 2.34. The fourth-order valence-electron chi connectivity index (χ4n) is 10.2. The van der Waals surface area contributed by atoms with Crippen LogP contribution in [0, 0.1) is 0 Å². The highest BCUT2D eigenvalue weighted by atomic mass is 14.3. The predicted molar refractivity (Wildman–Crippen MR) is 275 cm³/mol. The molecule has 0 heteroatoms. The van der Waals surface area contributed by atoms with Gasteiger partial charge in [-0.2, -0.15) is 0 Å². The molecule has 0 bridgehead atoms. The van der Waals surface area contributed by atoms with E-state index in [0.29, 0.717) is 0 Å². The van der Waals surface area contributed by atoms with Gasteiger partial charge in [-0.05, 0) is 121 Å². The van der Waals surface area contributed by atoms with E-state index in [1.165, 1.54) is 121 Å². The summed E-state index contributed by atoms with van der Waals surface area (Å²) in [4.78, 5) is 0. The lowest BCUT2D eigenvalue weighted by Gasteiger charge is -2.23. The molecule has 0 aromatic heterocycles. The molecule has 0 unspecified atom stereocenters. The largest absolute Gasteiger partial charge is 0.0622 e. The average molecular weight is 811 g/mol. The molecule has 12 rings (SSSR count). The number of rotatable bonds is 7. The topological polar surface area (TPSA) is 0 Å². The highest BCUT2D eigenvalue weighted by Crippen LogP contribution is 2.52. The first-order valence-corrected chi connectivity index (χ1v) is 22.2. The third-order valence-corrected chi connectivity index (χ3v) is 13.1. The third-order valence-electron chi connectivity index (χ3n) is 13.1. The third kappa shape index (κ3) is 6.31. The van der Waals surface area contributed by atoms with Crippen LogP contribution in [-0.4, -0.2) is 0 Å². The van der Waals surface area contributed by atoms with Gasteiger partial charge in [-0.3, -0.25) is 0 Å². The summed E-state index contributed by atoms with van der Waals surface area (Å²) in [5, 5.41) is 9.94. The fourth-order valence-corrected chi connectivity index (χ4v) is 10.2. The van der Waals surface area contributed by atoms with Crippen LogP contribution in [0.3, 0.4) is 0 Å². The Morgan fingerprint density at radius 1 is 0.125 bits per heavy atom. The van der Waals surface area contributed by atoms with E-state index in [9.17, 15) is 0 Å². The van der Waals surface area contributed by atoms with Crippen LogP contribution in [0.1, 0.15) is 0 Å². The summed E-state index contributed by atoms with van der Waals surface area (Å²) >= 11 is 0. The van der Waals surface area contributed by atoms with E-state index in [4.69, 9.17) is 0 Å². The summed E-state index contributed by atoms with van der Waals surface area (Å²) in [7, 11) is 0. The first-order valence-electron chi connectivity index (χ1n) is 22.2. The Morgan fingerprint density at radius 2 is 0.328 bits per heavy atom. The number of benzene rings is 12. The van der Waals surface area contributed by atoms with Crippen molar-refractivity contribution in [2.45, 2.75) is 0 Å². The molecule has 0 radical (unpaired) electrons. The fraction of sp³-hybridized carbons (Fsp3) is 0. The maximum atomic E-state index is 2.34. The second-order valence-corrected chi connectivity index (χ2v) is 16.7. The molecule has 0 saturated heterocycles. The lowest BCUT2D eigenvalue weighted by molar-refractivity contribution is 1.58. The van der Waals surface area contributed by atoms with Crippen LogP contribution < -0.4 is 0 Å². The van der Waals surface area contributed by atoms with Gasteiger partial charge in [0.25, 0.3) is 0 Å². The maximum Gasteiger partial charge on any atom is -0.00139 e. The SMILES string of the molecule is c1ccc(-c2ccc(-c3ccccc3-c3c4ccccc4c(-c4c5ccccc5c(-c5ccccc5-c5ccc(-c6ccccc6)cc5)c5ccccc45)c4ccccc34)cc2)cc1. The Kier molecular flexibility index (Phi) is 9.28. The summed E-state index contributed by atoms with van der Waals surface area (Å²) in [5.41, 5.74) is 17.2. The quantitative estimate of drug-likeness (QED) is 0.141. The molecule has 0 saturated carbocycles. The zero-order valence-corrected chi connectivity index (χ0v) is 35.2. The first kappa shape index (κ1) is 37.4. The van der Waals surface area contributed by atoms with Gasteiger partial charge in [0.15, 0.2) is 0 Å². The standard InChI is InChI=1S/C64H42/c1-3-19-43(20-4-1)45-35-39-47(40-36-45)49-23-7-9-25-51(49)61-53-27-11-15-31-57(53)63(58-32-16-12-28-54(58)61)64-59-33-17-13-29-55(59)62(56-30-14-18-34-60(56)64)52-26-10-8-24-50(52)48-41-37-46(38-42-48)44-21-5-2-6-22-44/h1-42H. The van der Waals surface area contributed by atoms with Crippen LogP contribution in [0.5, 0.6) is 0 Å². The molecule has 0 atom stereocenters. The molecular weight excluding hydrogens is 769 g/mol. The van der Waals surface area contributed by atoms with Crippen molar-refractivity contribution in [2.24, 2.45) is 0 Å². The normalized spacial score (nSPS) is 11.4. The molecule has 64 heavy (non-hydrogen) atoms. The van der Waals surface area contributed by atoms with Crippen molar-refractivity contribution >= 4 is 43.1 Å². The summed E-state index contributed by atoms with van der Waals surface area (Å²) in [6, 6.07) is 93.5. The lowest BCUT2D eigenvalue weighted by atomic mass is 9.79. The van der Waals surface area contributed by atoms with E-state index in [1.54, 1.807) is 0 Å². The van der Waals surface area contributed by atoms with Crippen molar-refractivity contribution in [1.82, 2.24) is 0 Å². The molecule has 0 spiro atoms. The van der Waals surface area contributed by atoms with E-state index >= 15 is 0 Å². The summed E-state index contributed by atoms with van der Waals surface area (Å²) in [6.07, 6.45) is 0. The Balaban J connectivity index is 1.09. The van der Waals surface area contributed by atoms with Crippen LogP contribution in [-0.2, 0) is 0 Å². The molecule has 298 valence electrons. The Hall–Kier alpha value is -8.32. The van der Waals surface area contributed by atoms with Crippen molar-refractivity contribution in [3.63, 3.8) is 0 Å². The summed E-state index contributed by atoms with van der Waals surface area (Å²) < 4.78 is 0. The molecule has 0 fully saturated rings. The second kappa shape index (κ2) is 15.9. The Labute approximate surface area is 374 Å². The molecular formula is C64H42. The molecule has 0 amide bonds. The number of hydrogen-bond acceptors (Lipinski definition) is 0. The molecule has 0 nitrogen and oxygen atoms in total. The highest BCUT2D eigenvalue weighted by Gasteiger charge is 2.24. The molecule has 0 N–H and O–H groups in total. The van der Waals surface area contributed by atoms with Gasteiger partial charge in [0.2, 0.25) is 0 Å². The van der Waals surface area contributed by atoms with Crippen LogP contribution in [0.2, 0.25) is 0 Å². The molecule has 0 aliphatic carbocycles. The van der Waals surface area contributed by atoms with Gasteiger partial charge in [-0.1, -0.05) is 255 Å². The van der Waals surface area contributed by atoms with E-state index < -0.39 is 0 Å².